The lowest BCUT2D eigenvalue weighted by Gasteiger charge is -2.19. The second-order valence-electron chi connectivity index (χ2n) is 7.80. The van der Waals surface area contributed by atoms with Crippen LogP contribution < -0.4 is 11.1 Å². The van der Waals surface area contributed by atoms with Gasteiger partial charge in [0.2, 0.25) is 0 Å². The van der Waals surface area contributed by atoms with Gasteiger partial charge in [0.25, 0.3) is 5.91 Å². The van der Waals surface area contributed by atoms with Crippen LogP contribution in [0, 0.1) is 12.8 Å². The Balaban J connectivity index is 0.000000860. The molecule has 6 heteroatoms. The van der Waals surface area contributed by atoms with E-state index < -0.39 is 12.1 Å². The fourth-order valence-corrected chi connectivity index (χ4v) is 4.07. The van der Waals surface area contributed by atoms with Crippen LogP contribution in [0.5, 0.6) is 0 Å². The molecule has 3 N–H and O–H groups in total. The van der Waals surface area contributed by atoms with E-state index in [1.165, 1.54) is 11.8 Å². The average Bonchev–Trinajstić information content (AvgIpc) is 3.43. The normalized spacial score (nSPS) is 17.2. The van der Waals surface area contributed by atoms with Gasteiger partial charge in [0.15, 0.2) is 0 Å². The van der Waals surface area contributed by atoms with Crippen molar-refractivity contribution in [3.05, 3.63) is 53.9 Å². The quantitative estimate of drug-likeness (QED) is 0.496. The summed E-state index contributed by atoms with van der Waals surface area (Å²) in [6, 6.07) is 9.93. The molecular weight excluding hydrogens is 403 g/mol. The number of benzene rings is 1. The zero-order valence-electron chi connectivity index (χ0n) is 19.3. The minimum absolute atomic E-state index is 0.286. The molecule has 2 atom stereocenters. The van der Waals surface area contributed by atoms with Gasteiger partial charge in [-0.25, -0.2) is 8.91 Å². The lowest BCUT2D eigenvalue weighted by molar-refractivity contribution is 0.100. The van der Waals surface area contributed by atoms with Crippen LogP contribution in [-0.2, 0) is 0 Å². The molecule has 0 bridgehead atoms. The largest absolute Gasteiger partial charge is 0.377 e. The number of anilines is 1. The summed E-state index contributed by atoms with van der Waals surface area (Å²) in [5.74, 6) is -0.201. The number of primary amides is 1. The highest BCUT2D eigenvalue weighted by Gasteiger charge is 2.29. The van der Waals surface area contributed by atoms with Crippen molar-refractivity contribution >= 4 is 17.1 Å². The van der Waals surface area contributed by atoms with E-state index in [4.69, 9.17) is 5.73 Å². The van der Waals surface area contributed by atoms with Gasteiger partial charge in [-0.15, -0.1) is 12.8 Å². The van der Waals surface area contributed by atoms with Crippen molar-refractivity contribution in [1.82, 2.24) is 9.61 Å². The molecular formula is C26H33FN4O. The highest BCUT2D eigenvalue weighted by molar-refractivity contribution is 6.02. The third kappa shape index (κ3) is 5.11. The molecule has 1 aromatic carbocycles. The van der Waals surface area contributed by atoms with Gasteiger partial charge in [0.1, 0.15) is 6.17 Å². The number of hydrogen-bond donors (Lipinski definition) is 2. The predicted molar refractivity (Wildman–Crippen MR) is 131 cm³/mol. The number of rotatable bonds is 5. The monoisotopic (exact) mass is 436 g/mol. The Labute approximate surface area is 190 Å². The predicted octanol–water partition coefficient (Wildman–Crippen LogP) is 5.80. The number of aromatic nitrogens is 2. The number of nitrogens with zero attached hydrogens (tertiary/aromatic N) is 2. The second-order valence-corrected chi connectivity index (χ2v) is 7.80. The van der Waals surface area contributed by atoms with Gasteiger partial charge in [-0.1, -0.05) is 52.0 Å². The number of carbonyl (C=O) groups excluding carboxylic acids is 1. The van der Waals surface area contributed by atoms with E-state index in [-0.39, 0.29) is 11.6 Å². The molecule has 1 amide bonds. The first-order valence-electron chi connectivity index (χ1n) is 11.1. The van der Waals surface area contributed by atoms with Crippen LogP contribution in [0.4, 0.5) is 10.1 Å². The van der Waals surface area contributed by atoms with Gasteiger partial charge in [0, 0.05) is 11.8 Å². The summed E-state index contributed by atoms with van der Waals surface area (Å²) in [7, 11) is 0. The first kappa shape index (κ1) is 24.9. The Morgan fingerprint density at radius 2 is 1.94 bits per heavy atom. The van der Waals surface area contributed by atoms with Crippen molar-refractivity contribution in [3.63, 3.8) is 0 Å². The minimum Gasteiger partial charge on any atom is -0.377 e. The fourth-order valence-electron chi connectivity index (χ4n) is 4.07. The van der Waals surface area contributed by atoms with E-state index in [9.17, 15) is 9.18 Å². The molecule has 1 fully saturated rings. The third-order valence-corrected chi connectivity index (χ3v) is 5.56. The Hall–Kier alpha value is -3.33. The summed E-state index contributed by atoms with van der Waals surface area (Å²) in [4.78, 5) is 12.0. The molecule has 0 radical (unpaired) electrons. The van der Waals surface area contributed by atoms with E-state index in [0.29, 0.717) is 18.0 Å². The number of halogens is 1. The average molecular weight is 437 g/mol. The third-order valence-electron chi connectivity index (χ3n) is 5.56. The molecule has 5 nitrogen and oxygen atoms in total. The van der Waals surface area contributed by atoms with Crippen LogP contribution in [0.15, 0.2) is 42.7 Å². The zero-order valence-corrected chi connectivity index (χ0v) is 19.3. The number of nitrogens with one attached hydrogen (secondary N) is 1. The molecule has 170 valence electrons. The van der Waals surface area contributed by atoms with E-state index in [2.05, 4.69) is 49.2 Å². The summed E-state index contributed by atoms with van der Waals surface area (Å²) in [6.45, 7) is 8.32. The molecule has 3 aromatic rings. The number of alkyl halides is 1. The van der Waals surface area contributed by atoms with Crippen molar-refractivity contribution in [3.8, 4) is 24.0 Å². The first-order chi connectivity index (χ1) is 15.5. The Morgan fingerprint density at radius 1 is 1.25 bits per heavy atom. The number of terminal acetylenes is 1. The van der Waals surface area contributed by atoms with Gasteiger partial charge in [-0.3, -0.25) is 4.79 Å². The fraction of sp³-hybridized carbons (Fsp3) is 0.385. The van der Waals surface area contributed by atoms with Gasteiger partial charge in [-0.2, -0.15) is 5.10 Å². The molecule has 0 spiro atoms. The number of carbonyl (C=O) groups is 1. The Morgan fingerprint density at radius 3 is 2.53 bits per heavy atom. The van der Waals surface area contributed by atoms with Crippen molar-refractivity contribution in [1.29, 1.82) is 0 Å². The van der Waals surface area contributed by atoms with Crippen LogP contribution >= 0.6 is 0 Å². The molecule has 4 rings (SSSR count). The number of fused-ring (bicyclic) bond motifs is 1. The van der Waals surface area contributed by atoms with Crippen molar-refractivity contribution in [2.45, 2.75) is 65.1 Å². The molecule has 1 aliphatic carbocycles. The summed E-state index contributed by atoms with van der Waals surface area (Å²) in [6.07, 6.45) is 12.6. The van der Waals surface area contributed by atoms with Gasteiger partial charge in [-0.05, 0) is 42.4 Å². The Kier molecular flexibility index (Phi) is 8.83. The minimum atomic E-state index is -0.926. The van der Waals surface area contributed by atoms with E-state index >= 15 is 0 Å². The molecule has 1 saturated carbocycles. The lowest BCUT2D eigenvalue weighted by Crippen LogP contribution is -2.27. The highest BCUT2D eigenvalue weighted by Crippen LogP contribution is 2.34. The van der Waals surface area contributed by atoms with E-state index in [0.717, 1.165) is 29.5 Å². The number of hydrogen-bond acceptors (Lipinski definition) is 3. The maximum atomic E-state index is 14.2. The SMILES string of the molecule is C#C.CC.CC(C)c1ccccc1-c1cc2c(N[C@@H]3CCC[C@@H]3F)c(C(N)=O)cnn2c1. The standard InChI is InChI=1S/C22H25FN4O.C2H6.C2H2/c1-13(2)15-6-3-4-7-16(15)14-10-20-21(26-19-9-5-8-18(19)23)17(22(24)28)11-25-27(20)12-14;2*1-2/h3-4,6-7,10-13,18-19,26H,5,8-9H2,1-2H3,(H2,24,28);1-2H3;1-2H/t18-,19+;;/m0../s1. The molecule has 2 aromatic heterocycles. The lowest BCUT2D eigenvalue weighted by atomic mass is 9.94. The zero-order chi connectivity index (χ0) is 23.8. The van der Waals surface area contributed by atoms with Crippen molar-refractivity contribution < 1.29 is 9.18 Å². The Bertz CT molecular complexity index is 1070. The van der Waals surface area contributed by atoms with Gasteiger partial charge in [0.05, 0.1) is 29.0 Å². The molecule has 32 heavy (non-hydrogen) atoms. The van der Waals surface area contributed by atoms with Crippen LogP contribution in [0.2, 0.25) is 0 Å². The number of amides is 1. The highest BCUT2D eigenvalue weighted by atomic mass is 19.1. The van der Waals surface area contributed by atoms with Crippen LogP contribution in [-0.4, -0.2) is 27.7 Å². The molecule has 0 aliphatic heterocycles. The summed E-state index contributed by atoms with van der Waals surface area (Å²) < 4.78 is 15.9. The molecule has 1 aliphatic rings. The molecule has 0 saturated heterocycles. The molecule has 0 unspecified atom stereocenters. The smallest absolute Gasteiger partial charge is 0.252 e. The second kappa shape index (κ2) is 11.3. The van der Waals surface area contributed by atoms with Crippen molar-refractivity contribution in [2.75, 3.05) is 5.32 Å². The van der Waals surface area contributed by atoms with Crippen LogP contribution in [0.1, 0.15) is 68.8 Å². The van der Waals surface area contributed by atoms with Crippen LogP contribution in [0.3, 0.4) is 0 Å². The maximum Gasteiger partial charge on any atom is 0.252 e. The summed E-state index contributed by atoms with van der Waals surface area (Å²) in [5, 5.41) is 7.61. The summed E-state index contributed by atoms with van der Waals surface area (Å²) >= 11 is 0. The molecule has 2 heterocycles. The van der Waals surface area contributed by atoms with E-state index in [1.54, 1.807) is 4.52 Å². The van der Waals surface area contributed by atoms with Crippen molar-refractivity contribution in [2.24, 2.45) is 5.73 Å². The van der Waals surface area contributed by atoms with Gasteiger partial charge < -0.3 is 11.1 Å². The number of nitrogens with two attached hydrogens (primary N) is 1. The summed E-state index contributed by atoms with van der Waals surface area (Å²) in [5.41, 5.74) is 10.5. The van der Waals surface area contributed by atoms with Gasteiger partial charge >= 0.3 is 0 Å². The maximum absolute atomic E-state index is 14.2. The first-order valence-corrected chi connectivity index (χ1v) is 11.1. The topological polar surface area (TPSA) is 72.4 Å². The van der Waals surface area contributed by atoms with E-state index in [1.807, 2.05) is 38.2 Å². The van der Waals surface area contributed by atoms with Crippen LogP contribution in [0.25, 0.3) is 16.6 Å².